The number of aryl methyl sites for hydroxylation is 1. The summed E-state index contributed by atoms with van der Waals surface area (Å²) in [5.41, 5.74) is 4.01. The third kappa shape index (κ3) is 6.14. The van der Waals surface area contributed by atoms with Crippen molar-refractivity contribution in [1.82, 2.24) is 9.80 Å². The molecule has 1 amide bonds. The molecule has 0 bridgehead atoms. The van der Waals surface area contributed by atoms with Gasteiger partial charge in [0.05, 0.1) is 6.61 Å². The van der Waals surface area contributed by atoms with E-state index in [9.17, 15) is 4.79 Å². The molecule has 0 atom stereocenters. The van der Waals surface area contributed by atoms with Crippen LogP contribution in [0.4, 0.5) is 0 Å². The Kier molecular flexibility index (Phi) is 7.63. The average molecular weight is 445 g/mol. The number of benzene rings is 3. The van der Waals surface area contributed by atoms with Crippen molar-refractivity contribution in [3.05, 3.63) is 95.1 Å². The zero-order chi connectivity index (χ0) is 23.0. The summed E-state index contributed by atoms with van der Waals surface area (Å²) in [5, 5.41) is 0. The van der Waals surface area contributed by atoms with Crippen molar-refractivity contribution in [2.24, 2.45) is 0 Å². The van der Waals surface area contributed by atoms with E-state index in [-0.39, 0.29) is 5.91 Å². The molecule has 0 unspecified atom stereocenters. The van der Waals surface area contributed by atoms with Crippen LogP contribution in [0, 0.1) is 6.92 Å². The van der Waals surface area contributed by atoms with Gasteiger partial charge in [-0.2, -0.15) is 0 Å². The van der Waals surface area contributed by atoms with Crippen LogP contribution in [0.3, 0.4) is 0 Å². The van der Waals surface area contributed by atoms with E-state index in [1.165, 1.54) is 5.56 Å². The van der Waals surface area contributed by atoms with E-state index in [1.54, 1.807) is 0 Å². The van der Waals surface area contributed by atoms with E-state index in [1.807, 2.05) is 67.3 Å². The van der Waals surface area contributed by atoms with Crippen molar-refractivity contribution in [2.45, 2.75) is 27.0 Å². The van der Waals surface area contributed by atoms with Gasteiger partial charge in [0, 0.05) is 43.9 Å². The molecule has 4 rings (SSSR count). The van der Waals surface area contributed by atoms with Gasteiger partial charge in [0.15, 0.2) is 0 Å². The zero-order valence-corrected chi connectivity index (χ0v) is 19.5. The summed E-state index contributed by atoms with van der Waals surface area (Å²) >= 11 is 0. The monoisotopic (exact) mass is 444 g/mol. The Bertz CT molecular complexity index is 1060. The maximum Gasteiger partial charge on any atom is 0.253 e. The van der Waals surface area contributed by atoms with Gasteiger partial charge >= 0.3 is 0 Å². The number of amides is 1. The molecular formula is C28H32N2O3. The Hall–Kier alpha value is -3.31. The third-order valence-electron chi connectivity index (χ3n) is 5.90. The highest BCUT2D eigenvalue weighted by Gasteiger charge is 2.23. The van der Waals surface area contributed by atoms with E-state index in [0.717, 1.165) is 55.3 Å². The van der Waals surface area contributed by atoms with Crippen LogP contribution in [-0.4, -0.2) is 48.5 Å². The largest absolute Gasteiger partial charge is 0.493 e. The predicted molar refractivity (Wildman–Crippen MR) is 131 cm³/mol. The second-order valence-electron chi connectivity index (χ2n) is 8.41. The molecule has 1 heterocycles. The van der Waals surface area contributed by atoms with Crippen LogP contribution in [0.15, 0.2) is 72.8 Å². The van der Waals surface area contributed by atoms with Gasteiger partial charge in [-0.05, 0) is 55.3 Å². The summed E-state index contributed by atoms with van der Waals surface area (Å²) in [6.45, 7) is 9.05. The highest BCUT2D eigenvalue weighted by Crippen LogP contribution is 2.24. The van der Waals surface area contributed by atoms with Crippen LogP contribution in [-0.2, 0) is 13.2 Å². The molecule has 5 nitrogen and oxygen atoms in total. The number of carbonyl (C=O) groups excluding carboxylic acids is 1. The molecule has 1 aliphatic heterocycles. The summed E-state index contributed by atoms with van der Waals surface area (Å²) in [6.07, 6.45) is 0. The molecule has 1 aliphatic rings. The van der Waals surface area contributed by atoms with Crippen LogP contribution in [0.25, 0.3) is 0 Å². The van der Waals surface area contributed by atoms with Gasteiger partial charge in [0.2, 0.25) is 0 Å². The van der Waals surface area contributed by atoms with Crippen molar-refractivity contribution in [2.75, 3.05) is 32.8 Å². The van der Waals surface area contributed by atoms with Crippen LogP contribution in [0.5, 0.6) is 11.5 Å². The lowest BCUT2D eigenvalue weighted by atomic mass is 10.1. The quantitative estimate of drug-likeness (QED) is 0.494. The second-order valence-corrected chi connectivity index (χ2v) is 8.41. The van der Waals surface area contributed by atoms with E-state index < -0.39 is 0 Å². The zero-order valence-electron chi connectivity index (χ0n) is 19.5. The molecule has 0 saturated carbocycles. The summed E-state index contributed by atoms with van der Waals surface area (Å²) < 4.78 is 11.8. The van der Waals surface area contributed by atoms with Gasteiger partial charge in [0.1, 0.15) is 18.1 Å². The predicted octanol–water partition coefficient (Wildman–Crippen LogP) is 4.93. The summed E-state index contributed by atoms with van der Waals surface area (Å²) in [5.74, 6) is 1.63. The van der Waals surface area contributed by atoms with E-state index in [2.05, 4.69) is 29.2 Å². The number of hydrogen-bond acceptors (Lipinski definition) is 4. The lowest BCUT2D eigenvalue weighted by molar-refractivity contribution is 0.0628. The molecule has 0 aliphatic carbocycles. The van der Waals surface area contributed by atoms with Crippen molar-refractivity contribution >= 4 is 5.91 Å². The number of nitrogens with zero attached hydrogens (tertiary/aromatic N) is 2. The number of ether oxygens (including phenoxy) is 2. The maximum absolute atomic E-state index is 13.2. The third-order valence-corrected chi connectivity index (χ3v) is 5.90. The highest BCUT2D eigenvalue weighted by molar-refractivity contribution is 5.94. The first-order chi connectivity index (χ1) is 16.1. The standard InChI is InChI=1S/C28H32N2O3/c1-3-32-27-13-12-24(19-25(27)21-33-26-11-7-8-22(2)18-26)28(31)30-16-14-29(15-17-30)20-23-9-5-4-6-10-23/h4-13,18-19H,3,14-17,20-21H2,1-2H3. The molecule has 3 aromatic carbocycles. The van der Waals surface area contributed by atoms with Crippen molar-refractivity contribution in [1.29, 1.82) is 0 Å². The molecule has 0 N–H and O–H groups in total. The van der Waals surface area contributed by atoms with Gasteiger partial charge in [-0.3, -0.25) is 9.69 Å². The van der Waals surface area contributed by atoms with E-state index in [4.69, 9.17) is 9.47 Å². The Morgan fingerprint density at radius 3 is 2.39 bits per heavy atom. The molecular weight excluding hydrogens is 412 g/mol. The number of hydrogen-bond donors (Lipinski definition) is 0. The SMILES string of the molecule is CCOc1ccc(C(=O)N2CCN(Cc3ccccc3)CC2)cc1COc1cccc(C)c1. The van der Waals surface area contributed by atoms with Crippen LogP contribution in [0.2, 0.25) is 0 Å². The van der Waals surface area contributed by atoms with Gasteiger partial charge in [0.25, 0.3) is 5.91 Å². The van der Waals surface area contributed by atoms with Gasteiger partial charge in [-0.25, -0.2) is 0 Å². The fraction of sp³-hybridized carbons (Fsp3) is 0.321. The smallest absolute Gasteiger partial charge is 0.253 e. The van der Waals surface area contributed by atoms with Crippen molar-refractivity contribution < 1.29 is 14.3 Å². The maximum atomic E-state index is 13.2. The lowest BCUT2D eigenvalue weighted by Gasteiger charge is -2.35. The Balaban J connectivity index is 1.40. The minimum absolute atomic E-state index is 0.0641. The van der Waals surface area contributed by atoms with Crippen LogP contribution < -0.4 is 9.47 Å². The second kappa shape index (κ2) is 11.0. The Labute approximate surface area is 196 Å². The molecule has 172 valence electrons. The number of rotatable bonds is 8. The fourth-order valence-electron chi connectivity index (χ4n) is 4.12. The van der Waals surface area contributed by atoms with Crippen LogP contribution >= 0.6 is 0 Å². The highest BCUT2D eigenvalue weighted by atomic mass is 16.5. The molecule has 1 fully saturated rings. The molecule has 3 aromatic rings. The Morgan fingerprint density at radius 1 is 0.879 bits per heavy atom. The summed E-state index contributed by atoms with van der Waals surface area (Å²) in [6, 6.07) is 24.1. The lowest BCUT2D eigenvalue weighted by Crippen LogP contribution is -2.48. The van der Waals surface area contributed by atoms with E-state index >= 15 is 0 Å². The number of carbonyl (C=O) groups is 1. The van der Waals surface area contributed by atoms with Gasteiger partial charge < -0.3 is 14.4 Å². The molecule has 0 radical (unpaired) electrons. The summed E-state index contributed by atoms with van der Waals surface area (Å²) in [7, 11) is 0. The van der Waals surface area contributed by atoms with Crippen molar-refractivity contribution in [3.8, 4) is 11.5 Å². The fourth-order valence-corrected chi connectivity index (χ4v) is 4.12. The van der Waals surface area contributed by atoms with Gasteiger partial charge in [-0.15, -0.1) is 0 Å². The Morgan fingerprint density at radius 2 is 1.67 bits per heavy atom. The van der Waals surface area contributed by atoms with Crippen LogP contribution in [0.1, 0.15) is 34.0 Å². The number of piperazine rings is 1. The first-order valence-electron chi connectivity index (χ1n) is 11.6. The van der Waals surface area contributed by atoms with Crippen molar-refractivity contribution in [3.63, 3.8) is 0 Å². The first kappa shape index (κ1) is 22.9. The summed E-state index contributed by atoms with van der Waals surface area (Å²) in [4.78, 5) is 17.6. The van der Waals surface area contributed by atoms with E-state index in [0.29, 0.717) is 18.8 Å². The minimum Gasteiger partial charge on any atom is -0.493 e. The molecule has 0 spiro atoms. The first-order valence-corrected chi connectivity index (χ1v) is 11.6. The van der Waals surface area contributed by atoms with Gasteiger partial charge in [-0.1, -0.05) is 42.5 Å². The topological polar surface area (TPSA) is 42.0 Å². The minimum atomic E-state index is 0.0641. The molecule has 1 saturated heterocycles. The molecule has 5 heteroatoms. The molecule has 0 aromatic heterocycles. The average Bonchev–Trinajstić information content (AvgIpc) is 2.84. The molecule has 33 heavy (non-hydrogen) atoms. The normalized spacial score (nSPS) is 14.2.